The Hall–Kier alpha value is -1.90. The van der Waals surface area contributed by atoms with E-state index >= 15 is 13.7 Å². The molecule has 0 spiro atoms. The average Bonchev–Trinajstić information content (AvgIpc) is 1.71. The number of nitrogens with zero attached hydrogens (tertiary/aromatic N) is 9. The quantitative estimate of drug-likeness (QED) is 0.0443. The predicted octanol–water partition coefficient (Wildman–Crippen LogP) is 15.2. The van der Waals surface area contributed by atoms with Gasteiger partial charge in [0.1, 0.15) is 18.3 Å². The molecular formula is C67H130N9O13P3. The molecule has 6 rings (SSSR count). The highest BCUT2D eigenvalue weighted by Crippen LogP contribution is 2.58. The van der Waals surface area contributed by atoms with Gasteiger partial charge in [-0.1, -0.05) is 194 Å². The predicted molar refractivity (Wildman–Crippen MR) is 371 cm³/mol. The van der Waals surface area contributed by atoms with Crippen LogP contribution in [0.2, 0.25) is 0 Å². The number of unbranched alkanes of at least 4 members (excludes halogenated alkanes) is 27. The van der Waals surface area contributed by atoms with Gasteiger partial charge in [0.2, 0.25) is 17.9 Å². The lowest BCUT2D eigenvalue weighted by atomic mass is 10.1. The number of hydrogen-bond acceptors (Lipinski definition) is 13. The van der Waals surface area contributed by atoms with Gasteiger partial charge in [0.25, 0.3) is 0 Å². The van der Waals surface area contributed by atoms with Crippen LogP contribution in [0.3, 0.4) is 0 Å². The van der Waals surface area contributed by atoms with Gasteiger partial charge in [-0.2, -0.15) is 0 Å². The first-order valence-electron chi connectivity index (χ1n) is 36.9. The highest BCUT2D eigenvalue weighted by molar-refractivity contribution is 7.53. The summed E-state index contributed by atoms with van der Waals surface area (Å²) in [6, 6.07) is 0. The number of aliphatic hydroxyl groups is 1. The lowest BCUT2D eigenvalue weighted by Gasteiger charge is -2.30. The number of hydrogen-bond donors (Lipinski definition) is 1. The van der Waals surface area contributed by atoms with Gasteiger partial charge < -0.3 is 48.7 Å². The van der Waals surface area contributed by atoms with Crippen LogP contribution in [0.25, 0.3) is 0 Å². The Balaban J connectivity index is 1.17. The standard InChI is InChI=1S/C67H130N9O13P3/c1-10-13-16-19-22-25-28-31-34-37-43-74-49-46-71(7)64(74)68-90(78,86-58-40-52-81-61(58)55-77)84-56-62-59(41-53-82-62)87-91(79,69-65-72(8)47-50-75(65)44-38-35-32-29-26-23-20-17-14-11-2)85-57-63-60(42-54-83-63)88-92(80,89-67(4,5)6)70-66-73(9)48-51-76(66)45-39-36-33-30-27-24-21-18-15-12-3/h58-63,77H,10-57H2,1-9H3. The highest BCUT2D eigenvalue weighted by atomic mass is 31.2. The molecule has 9 atom stereocenters. The fourth-order valence-corrected chi connectivity index (χ4v) is 18.1. The summed E-state index contributed by atoms with van der Waals surface area (Å²) >= 11 is 0. The van der Waals surface area contributed by atoms with E-state index in [0.717, 1.165) is 84.2 Å². The van der Waals surface area contributed by atoms with E-state index in [2.05, 4.69) is 35.5 Å². The molecule has 0 bridgehead atoms. The first kappa shape index (κ1) is 79.1. The van der Waals surface area contributed by atoms with E-state index in [-0.39, 0.29) is 33.0 Å². The molecule has 9 unspecified atom stereocenters. The van der Waals surface area contributed by atoms with Crippen LogP contribution in [-0.4, -0.2) is 214 Å². The van der Waals surface area contributed by atoms with E-state index in [0.29, 0.717) is 63.4 Å². The molecule has 0 amide bonds. The smallest absolute Gasteiger partial charge is 0.394 e. The molecule has 0 aromatic rings. The molecule has 6 aliphatic rings. The van der Waals surface area contributed by atoms with E-state index < -0.39 is 65.5 Å². The van der Waals surface area contributed by atoms with Crippen molar-refractivity contribution in [2.24, 2.45) is 14.3 Å². The summed E-state index contributed by atoms with van der Waals surface area (Å²) in [5, 5.41) is 10.2. The minimum Gasteiger partial charge on any atom is -0.394 e. The largest absolute Gasteiger partial charge is 0.457 e. The maximum absolute atomic E-state index is 15.8. The van der Waals surface area contributed by atoms with Gasteiger partial charge in [0.05, 0.1) is 43.7 Å². The molecule has 0 radical (unpaired) electrons. The van der Waals surface area contributed by atoms with Crippen LogP contribution in [0.5, 0.6) is 0 Å². The van der Waals surface area contributed by atoms with Crippen molar-refractivity contribution < 1.29 is 60.2 Å². The number of likely N-dealkylation sites (N-methyl/N-ethyl adjacent to an activating group) is 3. The van der Waals surface area contributed by atoms with Crippen molar-refractivity contribution in [2.45, 2.75) is 296 Å². The van der Waals surface area contributed by atoms with Crippen molar-refractivity contribution in [3.05, 3.63) is 0 Å². The van der Waals surface area contributed by atoms with Crippen LogP contribution in [-0.2, 0) is 55.0 Å². The zero-order valence-electron chi connectivity index (χ0n) is 59.1. The van der Waals surface area contributed by atoms with Crippen LogP contribution >= 0.6 is 23.2 Å². The second kappa shape index (κ2) is 42.8. The Morgan fingerprint density at radius 1 is 0.413 bits per heavy atom. The minimum atomic E-state index is -4.49. The normalized spacial score (nSPS) is 25.7. The van der Waals surface area contributed by atoms with Crippen LogP contribution in [0.1, 0.15) is 253 Å². The summed E-state index contributed by atoms with van der Waals surface area (Å²) in [5.74, 6) is 1.62. The third-order valence-corrected chi connectivity index (χ3v) is 23.2. The van der Waals surface area contributed by atoms with E-state index in [1.807, 2.05) is 56.6 Å². The van der Waals surface area contributed by atoms with Gasteiger partial charge in [0, 0.05) is 119 Å². The Kier molecular flexibility index (Phi) is 36.8. The van der Waals surface area contributed by atoms with Crippen LogP contribution in [0.4, 0.5) is 0 Å². The maximum atomic E-state index is 15.8. The third-order valence-electron chi connectivity index (χ3n) is 18.6. The van der Waals surface area contributed by atoms with Gasteiger partial charge in [-0.15, -0.1) is 14.3 Å². The molecule has 0 aromatic carbocycles. The Morgan fingerprint density at radius 3 is 0.989 bits per heavy atom. The topological polar surface area (TPSA) is 211 Å². The van der Waals surface area contributed by atoms with Gasteiger partial charge in [-0.3, -0.25) is 27.1 Å². The second-order valence-corrected chi connectivity index (χ2v) is 32.6. The molecule has 6 heterocycles. The van der Waals surface area contributed by atoms with E-state index in [4.69, 9.17) is 55.6 Å². The van der Waals surface area contributed by atoms with Crippen molar-refractivity contribution in [3.63, 3.8) is 0 Å². The van der Waals surface area contributed by atoms with Crippen LogP contribution < -0.4 is 0 Å². The zero-order valence-corrected chi connectivity index (χ0v) is 61.8. The summed E-state index contributed by atoms with van der Waals surface area (Å²) in [4.78, 5) is 12.5. The third kappa shape index (κ3) is 28.5. The number of rotatable bonds is 50. The molecule has 6 aliphatic heterocycles. The minimum absolute atomic E-state index is 0.233. The van der Waals surface area contributed by atoms with Crippen molar-refractivity contribution in [1.82, 2.24) is 29.4 Å². The molecule has 536 valence electrons. The molecule has 0 aliphatic carbocycles. The van der Waals surface area contributed by atoms with Gasteiger partial charge in [-0.05, 0) is 40.0 Å². The summed E-state index contributed by atoms with van der Waals surface area (Å²) in [7, 11) is -7.22. The van der Waals surface area contributed by atoms with Gasteiger partial charge in [0.15, 0.2) is 0 Å². The Bertz CT molecular complexity index is 2290. The van der Waals surface area contributed by atoms with E-state index in [1.165, 1.54) is 148 Å². The molecule has 22 nitrogen and oxygen atoms in total. The molecule has 0 saturated carbocycles. The molecule has 92 heavy (non-hydrogen) atoms. The average molecular weight is 1360 g/mol. The van der Waals surface area contributed by atoms with Gasteiger partial charge in [-0.25, -0.2) is 13.7 Å². The first-order chi connectivity index (χ1) is 44.4. The Morgan fingerprint density at radius 2 is 0.685 bits per heavy atom. The van der Waals surface area contributed by atoms with Crippen molar-refractivity contribution in [3.8, 4) is 0 Å². The summed E-state index contributed by atoms with van der Waals surface area (Å²) in [6.07, 6.45) is 33.1. The number of ether oxygens (including phenoxy) is 3. The zero-order chi connectivity index (χ0) is 66.1. The fraction of sp³-hybridized carbons (Fsp3) is 0.955. The maximum Gasteiger partial charge on any atom is 0.457 e. The molecule has 1 N–H and O–H groups in total. The Labute approximate surface area is 557 Å². The second-order valence-electron chi connectivity index (χ2n) is 27.9. The number of aliphatic hydroxyl groups excluding tert-OH is 1. The number of guanidine groups is 3. The van der Waals surface area contributed by atoms with Crippen molar-refractivity contribution in [2.75, 3.05) is 120 Å². The molecule has 6 saturated heterocycles. The lowest BCUT2D eigenvalue weighted by Crippen LogP contribution is -2.34. The molecule has 6 fully saturated rings. The van der Waals surface area contributed by atoms with E-state index in [9.17, 15) is 5.11 Å². The monoisotopic (exact) mass is 1360 g/mol. The highest BCUT2D eigenvalue weighted by Gasteiger charge is 2.46. The lowest BCUT2D eigenvalue weighted by molar-refractivity contribution is -0.0140. The summed E-state index contributed by atoms with van der Waals surface area (Å²) in [6.45, 7) is 18.8. The SMILES string of the molecule is CCCCCCCCCCCCN1CCN(C)C1=NP(=O)(OCC1OCCC1OP(=O)(N=C1N(C)CCN1CCCCCCCCCCCC)OCC1OCCC1OP(=O)(N=C1N(C)CCN1CCCCCCCCCCCC)OC(C)(C)C)OC1CCOC1CO. The van der Waals surface area contributed by atoms with Crippen LogP contribution in [0, 0.1) is 0 Å². The van der Waals surface area contributed by atoms with E-state index in [1.54, 1.807) is 0 Å². The molecule has 0 aromatic heterocycles. The summed E-state index contributed by atoms with van der Waals surface area (Å²) < 4.78 is 118. The fourth-order valence-electron chi connectivity index (χ4n) is 13.0. The van der Waals surface area contributed by atoms with Crippen LogP contribution in [0.15, 0.2) is 14.3 Å². The van der Waals surface area contributed by atoms with Crippen molar-refractivity contribution >= 4 is 41.1 Å². The molecule has 25 heteroatoms. The first-order valence-corrected chi connectivity index (χ1v) is 41.4. The van der Waals surface area contributed by atoms with Gasteiger partial charge >= 0.3 is 23.2 Å². The van der Waals surface area contributed by atoms with Crippen molar-refractivity contribution in [1.29, 1.82) is 0 Å². The molecular weight excluding hydrogens is 1230 g/mol. The summed E-state index contributed by atoms with van der Waals surface area (Å²) in [5.41, 5.74) is -0.876.